The van der Waals surface area contributed by atoms with Gasteiger partial charge in [0.1, 0.15) is 0 Å². The van der Waals surface area contributed by atoms with Gasteiger partial charge in [0.2, 0.25) is 11.7 Å². The Labute approximate surface area is 161 Å². The van der Waals surface area contributed by atoms with Crippen molar-refractivity contribution in [1.29, 1.82) is 0 Å². The number of morpholine rings is 1. The molecule has 0 bridgehead atoms. The molecule has 1 aromatic carbocycles. The van der Waals surface area contributed by atoms with Gasteiger partial charge >= 0.3 is 0 Å². The Kier molecular flexibility index (Phi) is 5.17. The lowest BCUT2D eigenvalue weighted by Crippen LogP contribution is -2.36. The first-order valence-electron chi connectivity index (χ1n) is 8.75. The molecule has 0 aliphatic carbocycles. The highest BCUT2D eigenvalue weighted by Gasteiger charge is 2.17. The van der Waals surface area contributed by atoms with Crippen LogP contribution < -0.4 is 4.90 Å². The highest BCUT2D eigenvalue weighted by molar-refractivity contribution is 7.13. The van der Waals surface area contributed by atoms with Gasteiger partial charge in [-0.05, 0) is 35.7 Å². The molecule has 7 nitrogen and oxygen atoms in total. The third-order valence-corrected chi connectivity index (χ3v) is 5.29. The molecule has 3 heterocycles. The van der Waals surface area contributed by atoms with Crippen LogP contribution >= 0.6 is 11.3 Å². The van der Waals surface area contributed by atoms with E-state index < -0.39 is 0 Å². The molecule has 2 aromatic heterocycles. The Hall–Kier alpha value is -2.71. The second kappa shape index (κ2) is 7.89. The average Bonchev–Trinajstić information content (AvgIpc) is 3.40. The van der Waals surface area contributed by atoms with Crippen molar-refractivity contribution in [2.45, 2.75) is 6.54 Å². The van der Waals surface area contributed by atoms with Gasteiger partial charge < -0.3 is 19.1 Å². The molecular weight excluding hydrogens is 364 g/mol. The molecule has 1 saturated heterocycles. The van der Waals surface area contributed by atoms with Crippen molar-refractivity contribution in [2.75, 3.05) is 38.3 Å². The van der Waals surface area contributed by atoms with Gasteiger partial charge in [-0.25, -0.2) is 0 Å². The van der Waals surface area contributed by atoms with Crippen molar-refractivity contribution >= 4 is 22.9 Å². The van der Waals surface area contributed by atoms with Crippen molar-refractivity contribution in [1.82, 2.24) is 15.0 Å². The zero-order valence-electron chi connectivity index (χ0n) is 15.0. The van der Waals surface area contributed by atoms with Gasteiger partial charge in [0, 0.05) is 31.4 Å². The van der Waals surface area contributed by atoms with Crippen molar-refractivity contribution in [3.05, 3.63) is 53.2 Å². The standard InChI is InChI=1S/C19H20N4O3S/c1-22(13-17-20-18(21-26-17)16-3-2-12-27-16)19(24)14-4-6-15(7-5-14)23-8-10-25-11-9-23/h2-7,12H,8-11,13H2,1H3. The molecule has 27 heavy (non-hydrogen) atoms. The number of rotatable bonds is 5. The van der Waals surface area contributed by atoms with E-state index in [0.29, 0.717) is 17.3 Å². The van der Waals surface area contributed by atoms with Crippen molar-refractivity contribution < 1.29 is 14.1 Å². The van der Waals surface area contributed by atoms with E-state index in [1.54, 1.807) is 23.3 Å². The summed E-state index contributed by atoms with van der Waals surface area (Å²) in [5.74, 6) is 0.884. The quantitative estimate of drug-likeness (QED) is 0.674. The summed E-state index contributed by atoms with van der Waals surface area (Å²) in [6, 6.07) is 11.5. The third-order valence-electron chi connectivity index (χ3n) is 4.42. The normalized spacial score (nSPS) is 14.3. The lowest BCUT2D eigenvalue weighted by atomic mass is 10.1. The van der Waals surface area contributed by atoms with E-state index >= 15 is 0 Å². The predicted octanol–water partition coefficient (Wildman–Crippen LogP) is 2.91. The third kappa shape index (κ3) is 4.01. The number of ether oxygens (including phenoxy) is 1. The van der Waals surface area contributed by atoms with E-state index in [1.807, 2.05) is 41.8 Å². The molecule has 1 aliphatic heterocycles. The lowest BCUT2D eigenvalue weighted by molar-refractivity contribution is 0.0769. The van der Waals surface area contributed by atoms with Gasteiger partial charge in [0.15, 0.2) is 0 Å². The highest BCUT2D eigenvalue weighted by Crippen LogP contribution is 2.22. The second-order valence-corrected chi connectivity index (χ2v) is 7.24. The molecule has 0 spiro atoms. The molecule has 0 unspecified atom stereocenters. The maximum Gasteiger partial charge on any atom is 0.254 e. The van der Waals surface area contributed by atoms with Gasteiger partial charge in [-0.3, -0.25) is 4.79 Å². The predicted molar refractivity (Wildman–Crippen MR) is 103 cm³/mol. The number of nitrogens with zero attached hydrogens (tertiary/aromatic N) is 4. The summed E-state index contributed by atoms with van der Waals surface area (Å²) < 4.78 is 10.7. The molecule has 0 saturated carbocycles. The zero-order valence-corrected chi connectivity index (χ0v) is 15.8. The summed E-state index contributed by atoms with van der Waals surface area (Å²) >= 11 is 1.55. The van der Waals surface area contributed by atoms with E-state index in [4.69, 9.17) is 9.26 Å². The molecular formula is C19H20N4O3S. The summed E-state index contributed by atoms with van der Waals surface area (Å²) in [6.07, 6.45) is 0. The van der Waals surface area contributed by atoms with Crippen LogP contribution in [0.4, 0.5) is 5.69 Å². The van der Waals surface area contributed by atoms with Crippen molar-refractivity contribution in [3.63, 3.8) is 0 Å². The van der Waals surface area contributed by atoms with Gasteiger partial charge in [-0.1, -0.05) is 11.2 Å². The number of thiophene rings is 1. The van der Waals surface area contributed by atoms with Crippen LogP contribution in [0.1, 0.15) is 16.2 Å². The number of hydrogen-bond donors (Lipinski definition) is 0. The number of carbonyl (C=O) groups is 1. The Morgan fingerprint density at radius 1 is 1.22 bits per heavy atom. The summed E-state index contributed by atoms with van der Waals surface area (Å²) in [5, 5.41) is 5.94. The average molecular weight is 384 g/mol. The minimum Gasteiger partial charge on any atom is -0.378 e. The first kappa shape index (κ1) is 17.7. The molecule has 8 heteroatoms. The SMILES string of the molecule is CN(Cc1nc(-c2cccs2)no1)C(=O)c1ccc(N2CCOCC2)cc1. The van der Waals surface area contributed by atoms with Gasteiger partial charge in [0.05, 0.1) is 24.6 Å². The minimum absolute atomic E-state index is 0.0839. The first-order chi connectivity index (χ1) is 13.2. The van der Waals surface area contributed by atoms with Crippen LogP contribution in [-0.4, -0.2) is 54.3 Å². The van der Waals surface area contributed by atoms with Gasteiger partial charge in [0.25, 0.3) is 5.91 Å². The van der Waals surface area contributed by atoms with Crippen LogP contribution in [0, 0.1) is 0 Å². The van der Waals surface area contributed by atoms with E-state index in [-0.39, 0.29) is 12.5 Å². The van der Waals surface area contributed by atoms with Crippen LogP contribution in [0.3, 0.4) is 0 Å². The van der Waals surface area contributed by atoms with Crippen LogP contribution in [0.25, 0.3) is 10.7 Å². The maximum absolute atomic E-state index is 12.7. The van der Waals surface area contributed by atoms with Gasteiger partial charge in [-0.2, -0.15) is 4.98 Å². The monoisotopic (exact) mass is 384 g/mol. The Morgan fingerprint density at radius 3 is 2.70 bits per heavy atom. The summed E-state index contributed by atoms with van der Waals surface area (Å²) in [7, 11) is 1.73. The number of hydrogen-bond acceptors (Lipinski definition) is 7. The molecule has 1 aliphatic rings. The number of anilines is 1. The minimum atomic E-state index is -0.0839. The number of benzene rings is 1. The lowest BCUT2D eigenvalue weighted by Gasteiger charge is -2.29. The van der Waals surface area contributed by atoms with E-state index in [2.05, 4.69) is 15.0 Å². The van der Waals surface area contributed by atoms with Crippen LogP contribution in [0.15, 0.2) is 46.3 Å². The van der Waals surface area contributed by atoms with Crippen LogP contribution in [-0.2, 0) is 11.3 Å². The zero-order chi connectivity index (χ0) is 18.6. The van der Waals surface area contributed by atoms with E-state index in [9.17, 15) is 4.79 Å². The van der Waals surface area contributed by atoms with Gasteiger partial charge in [-0.15, -0.1) is 11.3 Å². The first-order valence-corrected chi connectivity index (χ1v) is 9.63. The molecule has 140 valence electrons. The van der Waals surface area contributed by atoms with Crippen LogP contribution in [0.2, 0.25) is 0 Å². The summed E-state index contributed by atoms with van der Waals surface area (Å²) in [5.41, 5.74) is 1.74. The number of carbonyl (C=O) groups excluding carboxylic acids is 1. The Balaban J connectivity index is 1.40. The number of amides is 1. The molecule has 3 aromatic rings. The summed E-state index contributed by atoms with van der Waals surface area (Å²) in [6.45, 7) is 3.48. The molecule has 0 N–H and O–H groups in total. The second-order valence-electron chi connectivity index (χ2n) is 6.30. The van der Waals surface area contributed by atoms with Crippen LogP contribution in [0.5, 0.6) is 0 Å². The maximum atomic E-state index is 12.7. The molecule has 4 rings (SSSR count). The highest BCUT2D eigenvalue weighted by atomic mass is 32.1. The molecule has 1 amide bonds. The van der Waals surface area contributed by atoms with Crippen molar-refractivity contribution in [2.24, 2.45) is 0 Å². The fourth-order valence-electron chi connectivity index (χ4n) is 2.96. The molecule has 0 atom stereocenters. The Bertz CT molecular complexity index is 886. The fourth-order valence-corrected chi connectivity index (χ4v) is 3.61. The smallest absolute Gasteiger partial charge is 0.254 e. The van der Waals surface area contributed by atoms with Crippen molar-refractivity contribution in [3.8, 4) is 10.7 Å². The van der Waals surface area contributed by atoms with E-state index in [1.165, 1.54) is 0 Å². The summed E-state index contributed by atoms with van der Waals surface area (Å²) in [4.78, 5) is 21.8. The Morgan fingerprint density at radius 2 is 2.00 bits per heavy atom. The largest absolute Gasteiger partial charge is 0.378 e. The molecule has 0 radical (unpaired) electrons. The molecule has 1 fully saturated rings. The number of aromatic nitrogens is 2. The fraction of sp³-hybridized carbons (Fsp3) is 0.316. The topological polar surface area (TPSA) is 71.7 Å². The van der Waals surface area contributed by atoms with E-state index in [0.717, 1.165) is 36.9 Å².